The molecule has 0 aromatic heterocycles. The van der Waals surface area contributed by atoms with Crippen LogP contribution < -0.4 is 5.73 Å². The Morgan fingerprint density at radius 1 is 1.28 bits per heavy atom. The highest BCUT2D eigenvalue weighted by Gasteiger charge is 2.43. The monoisotopic (exact) mass is 252 g/mol. The molecule has 0 aromatic carbocycles. The molecule has 104 valence electrons. The maximum absolute atomic E-state index is 12.8. The number of rotatable bonds is 2. The van der Waals surface area contributed by atoms with Crippen molar-refractivity contribution >= 4 is 5.91 Å². The second-order valence-electron chi connectivity index (χ2n) is 6.89. The van der Waals surface area contributed by atoms with E-state index in [2.05, 4.69) is 18.7 Å². The van der Waals surface area contributed by atoms with E-state index in [0.717, 1.165) is 25.8 Å². The van der Waals surface area contributed by atoms with Crippen molar-refractivity contribution in [2.75, 3.05) is 6.54 Å². The lowest BCUT2D eigenvalue weighted by Crippen LogP contribution is -2.54. The number of amides is 1. The lowest BCUT2D eigenvalue weighted by molar-refractivity contribution is -0.142. The number of carbonyl (C=O) groups excluding carboxylic acids is 1. The smallest absolute Gasteiger partial charge is 0.226 e. The summed E-state index contributed by atoms with van der Waals surface area (Å²) in [4.78, 5) is 14.9. The largest absolute Gasteiger partial charge is 0.338 e. The summed E-state index contributed by atoms with van der Waals surface area (Å²) in [7, 11) is 0. The summed E-state index contributed by atoms with van der Waals surface area (Å²) < 4.78 is 0. The summed E-state index contributed by atoms with van der Waals surface area (Å²) in [6.45, 7) is 7.44. The highest BCUT2D eigenvalue weighted by molar-refractivity contribution is 5.80. The highest BCUT2D eigenvalue weighted by Crippen LogP contribution is 2.44. The normalized spacial score (nSPS) is 33.4. The van der Waals surface area contributed by atoms with Crippen LogP contribution in [0.3, 0.4) is 0 Å². The number of hydrogen-bond donors (Lipinski definition) is 1. The average Bonchev–Trinajstić information content (AvgIpc) is 2.68. The Bertz CT molecular complexity index is 312. The first-order valence-electron chi connectivity index (χ1n) is 7.49. The lowest BCUT2D eigenvalue weighted by atomic mass is 9.80. The third kappa shape index (κ3) is 2.56. The molecular weight excluding hydrogens is 224 g/mol. The van der Waals surface area contributed by atoms with Crippen molar-refractivity contribution in [3.8, 4) is 0 Å². The predicted octanol–water partition coefficient (Wildman–Crippen LogP) is 2.54. The first-order chi connectivity index (χ1) is 8.43. The number of hydrogen-bond acceptors (Lipinski definition) is 2. The van der Waals surface area contributed by atoms with Gasteiger partial charge in [0.1, 0.15) is 0 Å². The van der Waals surface area contributed by atoms with Gasteiger partial charge in [0.05, 0.1) is 0 Å². The predicted molar refractivity (Wildman–Crippen MR) is 74.1 cm³/mol. The first kappa shape index (κ1) is 13.9. The van der Waals surface area contributed by atoms with Gasteiger partial charge >= 0.3 is 0 Å². The summed E-state index contributed by atoms with van der Waals surface area (Å²) in [5, 5.41) is 0. The van der Waals surface area contributed by atoms with Gasteiger partial charge in [-0.2, -0.15) is 0 Å². The molecule has 2 N–H and O–H groups in total. The molecule has 0 radical (unpaired) electrons. The highest BCUT2D eigenvalue weighted by atomic mass is 16.2. The molecular formula is C15H28N2O. The Labute approximate surface area is 111 Å². The van der Waals surface area contributed by atoms with Crippen LogP contribution in [0, 0.1) is 11.3 Å². The van der Waals surface area contributed by atoms with Crippen LogP contribution in [0.25, 0.3) is 0 Å². The molecule has 2 rings (SSSR count). The minimum atomic E-state index is 0.0961. The summed E-state index contributed by atoms with van der Waals surface area (Å²) in [5.74, 6) is 0.594. The van der Waals surface area contributed by atoms with Crippen LogP contribution >= 0.6 is 0 Å². The topological polar surface area (TPSA) is 46.3 Å². The van der Waals surface area contributed by atoms with Crippen LogP contribution in [-0.2, 0) is 4.79 Å². The number of piperidine rings is 1. The van der Waals surface area contributed by atoms with E-state index in [9.17, 15) is 4.79 Å². The van der Waals surface area contributed by atoms with Crippen LogP contribution in [0.1, 0.15) is 59.3 Å². The summed E-state index contributed by atoms with van der Waals surface area (Å²) in [6.07, 6.45) is 6.87. The molecule has 3 atom stereocenters. The minimum absolute atomic E-state index is 0.0961. The molecule has 0 aromatic rings. The molecule has 1 heterocycles. The first-order valence-corrected chi connectivity index (χ1v) is 7.49. The number of likely N-dealkylation sites (tertiary alicyclic amines) is 1. The van der Waals surface area contributed by atoms with Gasteiger partial charge in [-0.25, -0.2) is 0 Å². The molecule has 1 amide bonds. The van der Waals surface area contributed by atoms with Gasteiger partial charge in [-0.3, -0.25) is 4.79 Å². The zero-order valence-corrected chi connectivity index (χ0v) is 12.1. The molecule has 1 saturated carbocycles. The molecule has 2 fully saturated rings. The molecule has 1 aliphatic heterocycles. The third-order valence-electron chi connectivity index (χ3n) is 4.99. The Morgan fingerprint density at radius 3 is 2.56 bits per heavy atom. The fourth-order valence-corrected chi connectivity index (χ4v) is 3.76. The van der Waals surface area contributed by atoms with E-state index in [-0.39, 0.29) is 23.4 Å². The van der Waals surface area contributed by atoms with Crippen molar-refractivity contribution < 1.29 is 4.79 Å². The zero-order valence-electron chi connectivity index (χ0n) is 12.1. The van der Waals surface area contributed by atoms with Crippen molar-refractivity contribution in [3.05, 3.63) is 0 Å². The Hall–Kier alpha value is -0.570. The Kier molecular flexibility index (Phi) is 4.00. The summed E-state index contributed by atoms with van der Waals surface area (Å²) >= 11 is 0. The Morgan fingerprint density at radius 2 is 2.00 bits per heavy atom. The van der Waals surface area contributed by atoms with Crippen molar-refractivity contribution in [2.45, 2.75) is 71.4 Å². The molecule has 2 aliphatic rings. The van der Waals surface area contributed by atoms with Gasteiger partial charge in [-0.1, -0.05) is 20.3 Å². The number of carbonyl (C=O) groups is 1. The summed E-state index contributed by atoms with van der Waals surface area (Å²) in [6, 6.07) is 0.362. The van der Waals surface area contributed by atoms with Crippen LogP contribution in [0.5, 0.6) is 0 Å². The molecule has 1 saturated heterocycles. The van der Waals surface area contributed by atoms with Gasteiger partial charge in [-0.15, -0.1) is 0 Å². The van der Waals surface area contributed by atoms with E-state index in [1.165, 1.54) is 19.3 Å². The van der Waals surface area contributed by atoms with Crippen LogP contribution in [-0.4, -0.2) is 29.4 Å². The van der Waals surface area contributed by atoms with Gasteiger partial charge < -0.3 is 10.6 Å². The molecule has 0 spiro atoms. The van der Waals surface area contributed by atoms with E-state index in [1.54, 1.807) is 0 Å². The second kappa shape index (κ2) is 5.20. The van der Waals surface area contributed by atoms with Gasteiger partial charge in [0.15, 0.2) is 0 Å². The van der Waals surface area contributed by atoms with E-state index in [4.69, 9.17) is 5.73 Å². The van der Waals surface area contributed by atoms with E-state index in [1.807, 2.05) is 6.92 Å². The maximum Gasteiger partial charge on any atom is 0.226 e. The Balaban J connectivity index is 2.11. The van der Waals surface area contributed by atoms with E-state index in [0.29, 0.717) is 5.91 Å². The van der Waals surface area contributed by atoms with Crippen molar-refractivity contribution in [2.24, 2.45) is 17.1 Å². The van der Waals surface area contributed by atoms with E-state index >= 15 is 0 Å². The standard InChI is InChI=1S/C15H28N2O/c1-11(16)13-8-4-5-10-17(13)14(18)12-7-6-9-15(12,2)3/h11-13H,4-10,16H2,1-3H3. The van der Waals surface area contributed by atoms with Crippen molar-refractivity contribution in [1.29, 1.82) is 0 Å². The van der Waals surface area contributed by atoms with Crippen LogP contribution in [0.2, 0.25) is 0 Å². The van der Waals surface area contributed by atoms with Gasteiger partial charge in [0.25, 0.3) is 0 Å². The van der Waals surface area contributed by atoms with Gasteiger partial charge in [0, 0.05) is 24.5 Å². The fourth-order valence-electron chi connectivity index (χ4n) is 3.76. The molecule has 3 nitrogen and oxygen atoms in total. The van der Waals surface area contributed by atoms with E-state index < -0.39 is 0 Å². The average molecular weight is 252 g/mol. The fraction of sp³-hybridized carbons (Fsp3) is 0.933. The molecule has 0 bridgehead atoms. The van der Waals surface area contributed by atoms with Gasteiger partial charge in [-0.05, 0) is 44.4 Å². The zero-order chi connectivity index (χ0) is 13.3. The number of nitrogens with zero attached hydrogens (tertiary/aromatic N) is 1. The van der Waals surface area contributed by atoms with Crippen LogP contribution in [0.15, 0.2) is 0 Å². The second-order valence-corrected chi connectivity index (χ2v) is 6.89. The summed E-state index contributed by atoms with van der Waals surface area (Å²) in [5.41, 5.74) is 6.25. The molecule has 3 unspecified atom stereocenters. The SMILES string of the molecule is CC(N)C1CCCCN1C(=O)C1CCCC1(C)C. The molecule has 3 heteroatoms. The third-order valence-corrected chi connectivity index (χ3v) is 4.99. The van der Waals surface area contributed by atoms with Gasteiger partial charge in [0.2, 0.25) is 5.91 Å². The minimum Gasteiger partial charge on any atom is -0.338 e. The molecule has 18 heavy (non-hydrogen) atoms. The molecule has 1 aliphatic carbocycles. The van der Waals surface area contributed by atoms with Crippen molar-refractivity contribution in [1.82, 2.24) is 4.90 Å². The lowest BCUT2D eigenvalue weighted by Gasteiger charge is -2.41. The number of nitrogens with two attached hydrogens (primary N) is 1. The van der Waals surface area contributed by atoms with Crippen LogP contribution in [0.4, 0.5) is 0 Å². The quantitative estimate of drug-likeness (QED) is 0.821. The maximum atomic E-state index is 12.8. The van der Waals surface area contributed by atoms with Crippen molar-refractivity contribution in [3.63, 3.8) is 0 Å².